The second kappa shape index (κ2) is 8.05. The zero-order valence-corrected chi connectivity index (χ0v) is 14.6. The number of likely N-dealkylation sites (tertiary alicyclic amines) is 1. The predicted molar refractivity (Wildman–Crippen MR) is 96.9 cm³/mol. The van der Waals surface area contributed by atoms with Crippen molar-refractivity contribution < 1.29 is 19.4 Å². The van der Waals surface area contributed by atoms with Gasteiger partial charge < -0.3 is 14.7 Å². The number of piperidine rings is 1. The van der Waals surface area contributed by atoms with Crippen LogP contribution in [-0.2, 0) is 0 Å². The molecular formula is C18H18ClN3O4. The summed E-state index contributed by atoms with van der Waals surface area (Å²) in [6, 6.07) is 9.69. The molecule has 0 radical (unpaired) electrons. The summed E-state index contributed by atoms with van der Waals surface area (Å²) in [4.78, 5) is 28.9. The molecule has 136 valence electrons. The lowest BCUT2D eigenvalue weighted by Gasteiger charge is -2.32. The van der Waals surface area contributed by atoms with Gasteiger partial charge in [-0.1, -0.05) is 23.7 Å². The molecule has 3 rings (SSSR count). The van der Waals surface area contributed by atoms with Crippen LogP contribution in [0.25, 0.3) is 0 Å². The van der Waals surface area contributed by atoms with Gasteiger partial charge in [-0.2, -0.15) is 0 Å². The number of ether oxygens (including phenoxy) is 1. The molecule has 0 unspecified atom stereocenters. The number of nitrogens with zero attached hydrogens (tertiary/aromatic N) is 2. The number of carbonyl (C=O) groups excluding carboxylic acids is 1. The number of urea groups is 1. The molecule has 8 heteroatoms. The minimum absolute atomic E-state index is 0.00702. The molecule has 7 nitrogen and oxygen atoms in total. The average molecular weight is 376 g/mol. The normalized spacial score (nSPS) is 14.7. The van der Waals surface area contributed by atoms with E-state index in [0.717, 1.165) is 0 Å². The van der Waals surface area contributed by atoms with Crippen LogP contribution in [0, 0.1) is 0 Å². The summed E-state index contributed by atoms with van der Waals surface area (Å²) in [6.07, 6.45) is 2.71. The molecule has 0 saturated carbocycles. The number of benzene rings is 1. The third-order valence-corrected chi connectivity index (χ3v) is 4.41. The van der Waals surface area contributed by atoms with Crippen molar-refractivity contribution in [1.82, 2.24) is 9.88 Å². The van der Waals surface area contributed by atoms with Crippen LogP contribution in [0.3, 0.4) is 0 Å². The molecular weight excluding hydrogens is 358 g/mol. The third kappa shape index (κ3) is 4.43. The van der Waals surface area contributed by atoms with Crippen LogP contribution in [0.5, 0.6) is 5.75 Å². The average Bonchev–Trinajstić information content (AvgIpc) is 2.64. The van der Waals surface area contributed by atoms with Crippen LogP contribution >= 0.6 is 11.6 Å². The number of carbonyl (C=O) groups is 2. The standard InChI is InChI=1S/C18H18ClN3O4/c19-14-3-1-2-4-15(14)26-13-6-9-22(10-7-13)18(25)21-16-11-12(17(23)24)5-8-20-16/h1-5,8,11,13H,6-7,9-10H2,(H,23,24)(H,20,21,25). The molecule has 2 N–H and O–H groups in total. The highest BCUT2D eigenvalue weighted by Crippen LogP contribution is 2.26. The summed E-state index contributed by atoms with van der Waals surface area (Å²) >= 11 is 6.10. The Morgan fingerprint density at radius 2 is 1.96 bits per heavy atom. The molecule has 1 saturated heterocycles. The maximum Gasteiger partial charge on any atom is 0.335 e. The van der Waals surface area contributed by atoms with Crippen LogP contribution in [0.4, 0.5) is 10.6 Å². The first-order valence-electron chi connectivity index (χ1n) is 8.19. The van der Waals surface area contributed by atoms with Crippen LogP contribution in [0.2, 0.25) is 5.02 Å². The zero-order chi connectivity index (χ0) is 18.5. The van der Waals surface area contributed by atoms with Crippen molar-refractivity contribution in [3.05, 3.63) is 53.2 Å². The van der Waals surface area contributed by atoms with Gasteiger partial charge >= 0.3 is 12.0 Å². The van der Waals surface area contributed by atoms with E-state index in [1.54, 1.807) is 11.0 Å². The molecule has 2 amide bonds. The first-order chi connectivity index (χ1) is 12.5. The van der Waals surface area contributed by atoms with Crippen LogP contribution < -0.4 is 10.1 Å². The number of hydrogen-bond donors (Lipinski definition) is 2. The molecule has 0 spiro atoms. The number of carboxylic acids is 1. The fourth-order valence-corrected chi connectivity index (χ4v) is 2.90. The van der Waals surface area contributed by atoms with Gasteiger partial charge in [-0.05, 0) is 24.3 Å². The van der Waals surface area contributed by atoms with Gasteiger partial charge in [-0.25, -0.2) is 14.6 Å². The highest BCUT2D eigenvalue weighted by molar-refractivity contribution is 6.32. The second-order valence-corrected chi connectivity index (χ2v) is 6.31. The van der Waals surface area contributed by atoms with Crippen molar-refractivity contribution in [2.24, 2.45) is 0 Å². The van der Waals surface area contributed by atoms with E-state index in [-0.39, 0.29) is 23.5 Å². The fraction of sp³-hybridized carbons (Fsp3) is 0.278. The number of aromatic carboxylic acids is 1. The molecule has 1 fully saturated rings. The number of anilines is 1. The second-order valence-electron chi connectivity index (χ2n) is 5.90. The molecule has 26 heavy (non-hydrogen) atoms. The van der Waals surface area contributed by atoms with Gasteiger partial charge in [0.25, 0.3) is 0 Å². The van der Waals surface area contributed by atoms with Crippen LogP contribution in [0.15, 0.2) is 42.6 Å². The number of para-hydroxylation sites is 1. The summed E-state index contributed by atoms with van der Waals surface area (Å²) in [5.41, 5.74) is 0.0714. The van der Waals surface area contributed by atoms with Crippen molar-refractivity contribution in [2.45, 2.75) is 18.9 Å². The Hall–Kier alpha value is -2.80. The van der Waals surface area contributed by atoms with E-state index in [1.807, 2.05) is 18.2 Å². The molecule has 2 heterocycles. The number of hydrogen-bond acceptors (Lipinski definition) is 4. The molecule has 1 aliphatic heterocycles. The monoisotopic (exact) mass is 375 g/mol. The first kappa shape index (κ1) is 18.0. The van der Waals surface area contributed by atoms with Gasteiger partial charge in [0.15, 0.2) is 0 Å². The summed E-state index contributed by atoms with van der Waals surface area (Å²) in [5, 5.41) is 12.2. The molecule has 0 atom stereocenters. The van der Waals surface area contributed by atoms with E-state index >= 15 is 0 Å². The molecule has 1 aromatic carbocycles. The lowest BCUT2D eigenvalue weighted by atomic mass is 10.1. The smallest absolute Gasteiger partial charge is 0.335 e. The Bertz CT molecular complexity index is 807. The van der Waals surface area contributed by atoms with Crippen molar-refractivity contribution >= 4 is 29.4 Å². The molecule has 1 aromatic heterocycles. The van der Waals surface area contributed by atoms with E-state index in [2.05, 4.69) is 10.3 Å². The number of pyridine rings is 1. The van der Waals surface area contributed by atoms with Crippen molar-refractivity contribution in [2.75, 3.05) is 18.4 Å². The van der Waals surface area contributed by atoms with Gasteiger partial charge in [0.2, 0.25) is 0 Å². The van der Waals surface area contributed by atoms with Gasteiger partial charge in [-0.15, -0.1) is 0 Å². The molecule has 2 aromatic rings. The summed E-state index contributed by atoms with van der Waals surface area (Å²) in [5.74, 6) is -0.212. The first-order valence-corrected chi connectivity index (χ1v) is 8.57. The van der Waals surface area contributed by atoms with E-state index in [4.69, 9.17) is 21.4 Å². The van der Waals surface area contributed by atoms with Crippen LogP contribution in [-0.4, -0.2) is 46.2 Å². The minimum Gasteiger partial charge on any atom is -0.489 e. The number of amides is 2. The molecule has 1 aliphatic rings. The van der Waals surface area contributed by atoms with Crippen molar-refractivity contribution in [1.29, 1.82) is 0 Å². The highest BCUT2D eigenvalue weighted by atomic mass is 35.5. The quantitative estimate of drug-likeness (QED) is 0.853. The Labute approximate surface area is 155 Å². The lowest BCUT2D eigenvalue weighted by molar-refractivity contribution is 0.0696. The van der Waals surface area contributed by atoms with E-state index in [9.17, 15) is 9.59 Å². The number of aromatic nitrogens is 1. The zero-order valence-electron chi connectivity index (χ0n) is 13.9. The summed E-state index contributed by atoms with van der Waals surface area (Å²) < 4.78 is 5.91. The number of rotatable bonds is 4. The van der Waals surface area contributed by atoms with E-state index in [1.165, 1.54) is 18.3 Å². The Kier molecular flexibility index (Phi) is 5.58. The maximum atomic E-state index is 12.3. The predicted octanol–water partition coefficient (Wildman–Crippen LogP) is 3.51. The number of nitrogens with one attached hydrogen (secondary N) is 1. The SMILES string of the molecule is O=C(O)c1ccnc(NC(=O)N2CCC(Oc3ccccc3Cl)CC2)c1. The topological polar surface area (TPSA) is 91.8 Å². The van der Waals surface area contributed by atoms with Gasteiger partial charge in [-0.3, -0.25) is 5.32 Å². The van der Waals surface area contributed by atoms with Gasteiger partial charge in [0.05, 0.1) is 10.6 Å². The Morgan fingerprint density at radius 3 is 2.65 bits per heavy atom. The van der Waals surface area contributed by atoms with Gasteiger partial charge in [0.1, 0.15) is 17.7 Å². The maximum absolute atomic E-state index is 12.3. The Morgan fingerprint density at radius 1 is 1.23 bits per heavy atom. The summed E-state index contributed by atoms with van der Waals surface area (Å²) in [7, 11) is 0. The van der Waals surface area contributed by atoms with Crippen LogP contribution in [0.1, 0.15) is 23.2 Å². The van der Waals surface area contributed by atoms with Crippen molar-refractivity contribution in [3.8, 4) is 5.75 Å². The molecule has 0 bridgehead atoms. The van der Waals surface area contributed by atoms with E-state index < -0.39 is 5.97 Å². The summed E-state index contributed by atoms with van der Waals surface area (Å²) in [6.45, 7) is 1.05. The number of halogens is 1. The van der Waals surface area contributed by atoms with Crippen molar-refractivity contribution in [3.63, 3.8) is 0 Å². The number of carboxylic acid groups (broad SMARTS) is 1. The van der Waals surface area contributed by atoms with E-state index in [0.29, 0.717) is 36.7 Å². The highest BCUT2D eigenvalue weighted by Gasteiger charge is 2.24. The largest absolute Gasteiger partial charge is 0.489 e. The Balaban J connectivity index is 1.53. The molecule has 0 aliphatic carbocycles. The van der Waals surface area contributed by atoms with Gasteiger partial charge in [0, 0.05) is 32.1 Å². The third-order valence-electron chi connectivity index (χ3n) is 4.10. The lowest BCUT2D eigenvalue weighted by Crippen LogP contribution is -2.43. The minimum atomic E-state index is -1.07. The fourth-order valence-electron chi connectivity index (χ4n) is 2.72.